The quantitative estimate of drug-likeness (QED) is 0.632. The first-order chi connectivity index (χ1) is 14.1. The van der Waals surface area contributed by atoms with Crippen molar-refractivity contribution in [1.29, 1.82) is 0 Å². The van der Waals surface area contributed by atoms with Crippen LogP contribution >= 0.6 is 0 Å². The number of hydrogen-bond acceptors (Lipinski definition) is 6. The Balaban J connectivity index is 1.64. The lowest BCUT2D eigenvalue weighted by Gasteiger charge is -2.17. The average Bonchev–Trinajstić information content (AvgIpc) is 2.78. The fourth-order valence-corrected chi connectivity index (χ4v) is 2.81. The number of hydrogen-bond donors (Lipinski definition) is 1. The second kappa shape index (κ2) is 9.54. The molecule has 0 aliphatic carbocycles. The normalized spacial score (nSPS) is 10.3. The summed E-state index contributed by atoms with van der Waals surface area (Å²) in [6.45, 7) is 0.615. The van der Waals surface area contributed by atoms with E-state index in [-0.39, 0.29) is 5.91 Å². The van der Waals surface area contributed by atoms with Crippen molar-refractivity contribution >= 4 is 17.4 Å². The summed E-state index contributed by atoms with van der Waals surface area (Å²) in [5.41, 5.74) is 2.41. The number of carbonyl (C=O) groups excluding carboxylic acids is 1. The minimum atomic E-state index is -0.0722. The van der Waals surface area contributed by atoms with Crippen LogP contribution in [0.4, 0.5) is 11.5 Å². The lowest BCUT2D eigenvalue weighted by Crippen LogP contribution is -2.28. The van der Waals surface area contributed by atoms with Crippen LogP contribution in [0.15, 0.2) is 61.1 Å². The van der Waals surface area contributed by atoms with Crippen molar-refractivity contribution in [2.45, 2.75) is 6.42 Å². The van der Waals surface area contributed by atoms with E-state index in [9.17, 15) is 4.79 Å². The highest BCUT2D eigenvalue weighted by atomic mass is 16.5. The topological polar surface area (TPSA) is 76.6 Å². The molecule has 0 fully saturated rings. The highest BCUT2D eigenvalue weighted by Crippen LogP contribution is 2.31. The van der Waals surface area contributed by atoms with Crippen molar-refractivity contribution in [3.05, 3.63) is 72.2 Å². The van der Waals surface area contributed by atoms with Gasteiger partial charge in [-0.25, -0.2) is 4.98 Å². The molecule has 29 heavy (non-hydrogen) atoms. The third-order valence-corrected chi connectivity index (χ3v) is 4.51. The summed E-state index contributed by atoms with van der Waals surface area (Å²) >= 11 is 0. The maximum atomic E-state index is 12.6. The van der Waals surface area contributed by atoms with E-state index in [0.29, 0.717) is 29.4 Å². The standard InChI is InChI=1S/C22H24N4O3/c1-26(13-10-16-8-11-23-12-9-16)22(27)17-4-7-21(24-15-17)25-19-14-18(28-2)5-6-20(19)29-3/h4-9,11-12,14-15H,10,13H2,1-3H3,(H,24,25). The zero-order chi connectivity index (χ0) is 20.6. The minimum absolute atomic E-state index is 0.0722. The van der Waals surface area contributed by atoms with Crippen molar-refractivity contribution in [2.24, 2.45) is 0 Å². The Bertz CT molecular complexity index is 946. The summed E-state index contributed by atoms with van der Waals surface area (Å²) in [5.74, 6) is 1.91. The van der Waals surface area contributed by atoms with Gasteiger partial charge < -0.3 is 19.7 Å². The lowest BCUT2D eigenvalue weighted by atomic mass is 10.2. The molecule has 0 spiro atoms. The van der Waals surface area contributed by atoms with Gasteiger partial charge in [-0.1, -0.05) is 0 Å². The molecular formula is C22H24N4O3. The van der Waals surface area contributed by atoms with E-state index in [2.05, 4.69) is 15.3 Å². The zero-order valence-electron chi connectivity index (χ0n) is 16.8. The highest BCUT2D eigenvalue weighted by molar-refractivity contribution is 5.94. The van der Waals surface area contributed by atoms with Crippen LogP contribution in [-0.2, 0) is 6.42 Å². The molecule has 7 nitrogen and oxygen atoms in total. The molecule has 3 rings (SSSR count). The van der Waals surface area contributed by atoms with Crippen LogP contribution in [0.1, 0.15) is 15.9 Å². The molecule has 1 aromatic carbocycles. The van der Waals surface area contributed by atoms with Crippen molar-refractivity contribution in [3.8, 4) is 11.5 Å². The predicted octanol–water partition coefficient (Wildman–Crippen LogP) is 3.55. The van der Waals surface area contributed by atoms with Gasteiger partial charge in [0.25, 0.3) is 5.91 Å². The third-order valence-electron chi connectivity index (χ3n) is 4.51. The van der Waals surface area contributed by atoms with Crippen molar-refractivity contribution in [1.82, 2.24) is 14.9 Å². The second-order valence-electron chi connectivity index (χ2n) is 6.46. The molecule has 2 heterocycles. The molecule has 0 aliphatic rings. The maximum absolute atomic E-state index is 12.6. The summed E-state index contributed by atoms with van der Waals surface area (Å²) in [6.07, 6.45) is 5.85. The molecule has 0 radical (unpaired) electrons. The van der Waals surface area contributed by atoms with Crippen LogP contribution in [0.5, 0.6) is 11.5 Å². The first-order valence-corrected chi connectivity index (χ1v) is 9.20. The molecule has 1 amide bonds. The Morgan fingerprint density at radius 1 is 1.07 bits per heavy atom. The van der Waals surface area contributed by atoms with Gasteiger partial charge in [0.05, 0.1) is 25.5 Å². The number of ether oxygens (including phenoxy) is 2. The molecule has 0 bridgehead atoms. The number of carbonyl (C=O) groups is 1. The van der Waals surface area contributed by atoms with Crippen molar-refractivity contribution in [2.75, 3.05) is 33.1 Å². The first-order valence-electron chi connectivity index (χ1n) is 9.20. The Hall–Kier alpha value is -3.61. The number of amides is 1. The second-order valence-corrected chi connectivity index (χ2v) is 6.46. The van der Waals surface area contributed by atoms with E-state index >= 15 is 0 Å². The van der Waals surface area contributed by atoms with Gasteiger partial charge in [0.15, 0.2) is 0 Å². The molecule has 3 aromatic rings. The number of likely N-dealkylation sites (N-methyl/N-ethyl adjacent to an activating group) is 1. The third kappa shape index (κ3) is 5.22. The van der Waals surface area contributed by atoms with Crippen LogP contribution in [0.25, 0.3) is 0 Å². The van der Waals surface area contributed by atoms with Gasteiger partial charge in [-0.3, -0.25) is 9.78 Å². The summed E-state index contributed by atoms with van der Waals surface area (Å²) in [5, 5.41) is 3.19. The van der Waals surface area contributed by atoms with Gasteiger partial charge in [0.1, 0.15) is 17.3 Å². The predicted molar refractivity (Wildman–Crippen MR) is 112 cm³/mol. The molecule has 0 saturated heterocycles. The first kappa shape index (κ1) is 20.1. The summed E-state index contributed by atoms with van der Waals surface area (Å²) in [7, 11) is 5.00. The molecule has 1 N–H and O–H groups in total. The molecule has 0 atom stereocenters. The van der Waals surface area contributed by atoms with Gasteiger partial charge in [0, 0.05) is 38.2 Å². The number of benzene rings is 1. The number of nitrogens with zero attached hydrogens (tertiary/aromatic N) is 3. The number of methoxy groups -OCH3 is 2. The minimum Gasteiger partial charge on any atom is -0.497 e. The fraction of sp³-hybridized carbons (Fsp3) is 0.227. The van der Waals surface area contributed by atoms with Gasteiger partial charge in [-0.15, -0.1) is 0 Å². The molecular weight excluding hydrogens is 368 g/mol. The number of rotatable bonds is 8. The summed E-state index contributed by atoms with van der Waals surface area (Å²) in [6, 6.07) is 12.9. The SMILES string of the molecule is COc1ccc(OC)c(Nc2ccc(C(=O)N(C)CCc3ccncc3)cn2)c1. The Morgan fingerprint density at radius 3 is 2.52 bits per heavy atom. The number of pyridine rings is 2. The van der Waals surface area contributed by atoms with Crippen LogP contribution in [0.2, 0.25) is 0 Å². The van der Waals surface area contributed by atoms with Crippen LogP contribution in [0.3, 0.4) is 0 Å². The van der Waals surface area contributed by atoms with Crippen LogP contribution in [0, 0.1) is 0 Å². The molecule has 0 unspecified atom stereocenters. The van der Waals surface area contributed by atoms with E-state index in [0.717, 1.165) is 17.7 Å². The van der Waals surface area contributed by atoms with Crippen molar-refractivity contribution in [3.63, 3.8) is 0 Å². The number of anilines is 2. The molecule has 0 aliphatic heterocycles. The van der Waals surface area contributed by atoms with E-state index in [1.807, 2.05) is 30.3 Å². The van der Waals surface area contributed by atoms with Gasteiger partial charge in [0.2, 0.25) is 0 Å². The van der Waals surface area contributed by atoms with E-state index < -0.39 is 0 Å². The summed E-state index contributed by atoms with van der Waals surface area (Å²) < 4.78 is 10.6. The van der Waals surface area contributed by atoms with Crippen molar-refractivity contribution < 1.29 is 14.3 Å². The van der Waals surface area contributed by atoms with E-state index in [1.165, 1.54) is 0 Å². The molecule has 150 valence electrons. The van der Waals surface area contributed by atoms with E-state index in [4.69, 9.17) is 9.47 Å². The van der Waals surface area contributed by atoms with Crippen LogP contribution < -0.4 is 14.8 Å². The molecule has 7 heteroatoms. The Kier molecular flexibility index (Phi) is 6.63. The monoisotopic (exact) mass is 392 g/mol. The number of nitrogens with one attached hydrogen (secondary N) is 1. The van der Waals surface area contributed by atoms with Gasteiger partial charge in [-0.05, 0) is 48.4 Å². The zero-order valence-corrected chi connectivity index (χ0v) is 16.8. The van der Waals surface area contributed by atoms with Gasteiger partial charge >= 0.3 is 0 Å². The molecule has 2 aromatic heterocycles. The average molecular weight is 392 g/mol. The molecule has 0 saturated carbocycles. The van der Waals surface area contributed by atoms with Gasteiger partial charge in [-0.2, -0.15) is 0 Å². The maximum Gasteiger partial charge on any atom is 0.255 e. The van der Waals surface area contributed by atoms with Crippen LogP contribution in [-0.4, -0.2) is 48.6 Å². The lowest BCUT2D eigenvalue weighted by molar-refractivity contribution is 0.0796. The largest absolute Gasteiger partial charge is 0.497 e. The Morgan fingerprint density at radius 2 is 1.86 bits per heavy atom. The highest BCUT2D eigenvalue weighted by Gasteiger charge is 2.13. The number of aromatic nitrogens is 2. The fourth-order valence-electron chi connectivity index (χ4n) is 2.81. The van der Waals surface area contributed by atoms with E-state index in [1.54, 1.807) is 56.9 Å². The Labute approximate surface area is 170 Å². The smallest absolute Gasteiger partial charge is 0.255 e. The summed E-state index contributed by atoms with van der Waals surface area (Å²) in [4.78, 5) is 22.7.